The maximum atomic E-state index is 11.6. The van der Waals surface area contributed by atoms with Gasteiger partial charge in [0.1, 0.15) is 6.61 Å². The topological polar surface area (TPSA) is 137 Å². The lowest BCUT2D eigenvalue weighted by molar-refractivity contribution is -0.420. The smallest absolute Gasteiger partial charge is 0.407 e. The van der Waals surface area contributed by atoms with Gasteiger partial charge >= 0.3 is 12.1 Å². The minimum atomic E-state index is -1.07. The highest BCUT2D eigenvalue weighted by Crippen LogP contribution is 2.16. The van der Waals surface area contributed by atoms with E-state index in [1.165, 1.54) is 28.1 Å². The fourth-order valence-corrected chi connectivity index (χ4v) is 1.61. The second-order valence-corrected chi connectivity index (χ2v) is 4.98. The fraction of sp³-hybridized carbons (Fsp3) is 0.467. The molecule has 1 amide bonds. The number of carbonyl (C=O) groups is 2. The van der Waals surface area contributed by atoms with E-state index in [0.717, 1.165) is 6.08 Å². The van der Waals surface area contributed by atoms with E-state index in [-0.39, 0.29) is 35.8 Å². The van der Waals surface area contributed by atoms with Crippen LogP contribution in [0.15, 0.2) is 35.4 Å². The van der Waals surface area contributed by atoms with E-state index in [1.54, 1.807) is 0 Å². The standard InChI is InChI=1S/C15H22N2O8/c1-9(8-25-15(20)16-10(2)6-14(18)19)12(17(21)22)7-13(24-5)11(3)23-4/h7,10H,3,6,8H2,1-2,4-5H3,(H,16,20)(H,18,19)/b12-9-,13-7+. The van der Waals surface area contributed by atoms with Crippen molar-refractivity contribution >= 4 is 12.1 Å². The highest BCUT2D eigenvalue weighted by Gasteiger charge is 2.18. The number of nitrogens with one attached hydrogen (secondary N) is 1. The number of nitrogens with zero attached hydrogens (tertiary/aromatic N) is 1. The van der Waals surface area contributed by atoms with Crippen LogP contribution in [0.25, 0.3) is 0 Å². The lowest BCUT2D eigenvalue weighted by atomic mass is 10.2. The van der Waals surface area contributed by atoms with Crippen molar-refractivity contribution in [2.24, 2.45) is 0 Å². The van der Waals surface area contributed by atoms with Crippen LogP contribution < -0.4 is 5.32 Å². The third kappa shape index (κ3) is 8.39. The predicted octanol–water partition coefficient (Wildman–Crippen LogP) is 1.82. The van der Waals surface area contributed by atoms with E-state index < -0.39 is 23.0 Å². The van der Waals surface area contributed by atoms with Crippen LogP contribution in [-0.2, 0) is 19.0 Å². The average molecular weight is 358 g/mol. The first-order valence-electron chi connectivity index (χ1n) is 7.10. The van der Waals surface area contributed by atoms with Crippen LogP contribution in [0.4, 0.5) is 4.79 Å². The third-order valence-corrected chi connectivity index (χ3v) is 2.91. The van der Waals surface area contributed by atoms with E-state index in [0.29, 0.717) is 0 Å². The molecule has 0 aromatic rings. The molecule has 0 fully saturated rings. The van der Waals surface area contributed by atoms with E-state index in [2.05, 4.69) is 11.9 Å². The molecule has 10 heteroatoms. The van der Waals surface area contributed by atoms with Crippen molar-refractivity contribution in [1.29, 1.82) is 0 Å². The monoisotopic (exact) mass is 358 g/mol. The Morgan fingerprint density at radius 3 is 2.40 bits per heavy atom. The summed E-state index contributed by atoms with van der Waals surface area (Å²) < 4.78 is 14.7. The zero-order valence-corrected chi connectivity index (χ0v) is 14.5. The highest BCUT2D eigenvalue weighted by molar-refractivity contribution is 5.71. The van der Waals surface area contributed by atoms with Gasteiger partial charge in [-0.25, -0.2) is 4.79 Å². The van der Waals surface area contributed by atoms with Crippen molar-refractivity contribution < 1.29 is 33.8 Å². The molecule has 0 saturated heterocycles. The molecular weight excluding hydrogens is 336 g/mol. The zero-order valence-electron chi connectivity index (χ0n) is 14.5. The number of allylic oxidation sites excluding steroid dienone is 1. The van der Waals surface area contributed by atoms with Crippen molar-refractivity contribution in [2.45, 2.75) is 26.3 Å². The Bertz CT molecular complexity index is 594. The first-order valence-corrected chi connectivity index (χ1v) is 7.10. The number of carboxylic acids is 1. The van der Waals surface area contributed by atoms with Crippen molar-refractivity contribution in [2.75, 3.05) is 20.8 Å². The van der Waals surface area contributed by atoms with Crippen LogP contribution in [0, 0.1) is 10.1 Å². The van der Waals surface area contributed by atoms with Crippen LogP contribution in [-0.4, -0.2) is 49.0 Å². The maximum Gasteiger partial charge on any atom is 0.407 e. The molecule has 10 nitrogen and oxygen atoms in total. The average Bonchev–Trinajstić information content (AvgIpc) is 2.51. The summed E-state index contributed by atoms with van der Waals surface area (Å²) in [5, 5.41) is 22.1. The maximum absolute atomic E-state index is 11.6. The second kappa shape index (κ2) is 10.7. The number of ether oxygens (including phenoxy) is 3. The molecule has 0 aliphatic heterocycles. The Morgan fingerprint density at radius 1 is 1.36 bits per heavy atom. The van der Waals surface area contributed by atoms with Gasteiger partial charge in [0.15, 0.2) is 11.5 Å². The number of hydrogen-bond donors (Lipinski definition) is 2. The van der Waals surface area contributed by atoms with Gasteiger partial charge in [0.2, 0.25) is 0 Å². The number of hydrogen-bond acceptors (Lipinski definition) is 7. The summed E-state index contributed by atoms with van der Waals surface area (Å²) in [7, 11) is 2.64. The molecular formula is C15H22N2O8. The summed E-state index contributed by atoms with van der Waals surface area (Å²) in [6, 6.07) is -0.644. The van der Waals surface area contributed by atoms with Gasteiger partial charge in [0, 0.05) is 11.6 Å². The molecule has 0 rings (SSSR count). The first kappa shape index (κ1) is 22.0. The minimum absolute atomic E-state index is 0.0491. The SMILES string of the molecule is C=C(OC)/C(=C\C(=C(/C)COC(=O)NC(C)CC(=O)O)[N+](=O)[O-])OC. The van der Waals surface area contributed by atoms with Gasteiger partial charge in [0.05, 0.1) is 31.6 Å². The molecule has 0 heterocycles. The molecule has 25 heavy (non-hydrogen) atoms. The summed E-state index contributed by atoms with van der Waals surface area (Å²) in [6.45, 7) is 6.08. The third-order valence-electron chi connectivity index (χ3n) is 2.91. The summed E-state index contributed by atoms with van der Waals surface area (Å²) in [5.74, 6) is -0.931. The predicted molar refractivity (Wildman–Crippen MR) is 87.1 cm³/mol. The first-order chi connectivity index (χ1) is 11.6. The quantitative estimate of drug-likeness (QED) is 0.261. The highest BCUT2D eigenvalue weighted by atomic mass is 16.6. The second-order valence-electron chi connectivity index (χ2n) is 4.98. The van der Waals surface area contributed by atoms with Gasteiger partial charge in [0.25, 0.3) is 5.70 Å². The van der Waals surface area contributed by atoms with E-state index in [9.17, 15) is 19.7 Å². The van der Waals surface area contributed by atoms with Crippen LogP contribution in [0.1, 0.15) is 20.3 Å². The Kier molecular flexibility index (Phi) is 9.38. The summed E-state index contributed by atoms with van der Waals surface area (Å²) in [5.41, 5.74) is -0.203. The van der Waals surface area contributed by atoms with Gasteiger partial charge in [-0.2, -0.15) is 0 Å². The number of carbonyl (C=O) groups excluding carboxylic acids is 1. The molecule has 140 valence electrons. The van der Waals surface area contributed by atoms with Gasteiger partial charge in [-0.05, 0) is 13.8 Å². The van der Waals surface area contributed by atoms with Crippen molar-refractivity contribution in [3.05, 3.63) is 45.6 Å². The Morgan fingerprint density at radius 2 is 1.96 bits per heavy atom. The normalized spacial score (nSPS) is 13.2. The number of amides is 1. The number of aliphatic carboxylic acids is 1. The molecule has 0 aliphatic rings. The molecule has 0 aromatic carbocycles. The van der Waals surface area contributed by atoms with Crippen molar-refractivity contribution in [1.82, 2.24) is 5.32 Å². The lowest BCUT2D eigenvalue weighted by Crippen LogP contribution is -2.35. The number of rotatable bonds is 10. The zero-order chi connectivity index (χ0) is 19.6. The molecule has 0 bridgehead atoms. The molecule has 0 aliphatic carbocycles. The molecule has 0 aromatic heterocycles. The van der Waals surface area contributed by atoms with Crippen LogP contribution in [0.3, 0.4) is 0 Å². The Labute approximate surface area is 144 Å². The fourth-order valence-electron chi connectivity index (χ4n) is 1.61. The van der Waals surface area contributed by atoms with Gasteiger partial charge in [-0.3, -0.25) is 14.9 Å². The molecule has 1 atom stereocenters. The molecule has 2 N–H and O–H groups in total. The number of alkyl carbamates (subject to hydrolysis) is 1. The number of carboxylic acid groups (broad SMARTS) is 1. The molecule has 1 unspecified atom stereocenters. The van der Waals surface area contributed by atoms with Crippen LogP contribution >= 0.6 is 0 Å². The molecule has 0 radical (unpaired) electrons. The van der Waals surface area contributed by atoms with E-state index >= 15 is 0 Å². The van der Waals surface area contributed by atoms with Gasteiger partial charge < -0.3 is 24.6 Å². The largest absolute Gasteiger partial charge is 0.493 e. The van der Waals surface area contributed by atoms with E-state index in [1.807, 2.05) is 0 Å². The van der Waals surface area contributed by atoms with Crippen LogP contribution in [0.5, 0.6) is 0 Å². The van der Waals surface area contributed by atoms with Gasteiger partial charge in [-0.1, -0.05) is 6.58 Å². The molecule has 0 spiro atoms. The minimum Gasteiger partial charge on any atom is -0.493 e. The van der Waals surface area contributed by atoms with Gasteiger partial charge in [-0.15, -0.1) is 0 Å². The molecule has 0 saturated carbocycles. The lowest BCUT2D eigenvalue weighted by Gasteiger charge is -2.12. The Balaban J connectivity index is 5.08. The van der Waals surface area contributed by atoms with Crippen LogP contribution in [0.2, 0.25) is 0 Å². The number of methoxy groups -OCH3 is 2. The van der Waals surface area contributed by atoms with Crippen molar-refractivity contribution in [3.8, 4) is 0 Å². The van der Waals surface area contributed by atoms with Crippen molar-refractivity contribution in [3.63, 3.8) is 0 Å². The number of nitro groups is 1. The summed E-state index contributed by atoms with van der Waals surface area (Å²) in [4.78, 5) is 32.6. The summed E-state index contributed by atoms with van der Waals surface area (Å²) in [6.07, 6.45) is -0.0495. The Hall–Kier alpha value is -3.04. The van der Waals surface area contributed by atoms with E-state index in [4.69, 9.17) is 19.3 Å². The summed E-state index contributed by atoms with van der Waals surface area (Å²) >= 11 is 0.